The lowest BCUT2D eigenvalue weighted by Gasteiger charge is -2.18. The molecule has 2 rings (SSSR count). The lowest BCUT2D eigenvalue weighted by Crippen LogP contribution is -2.38. The Balaban J connectivity index is 1.74. The smallest absolute Gasteiger partial charge is 0.416 e. The van der Waals surface area contributed by atoms with Crippen molar-refractivity contribution in [3.63, 3.8) is 0 Å². The highest BCUT2D eigenvalue weighted by Crippen LogP contribution is 2.29. The number of nitrogens with one attached hydrogen (secondary N) is 2. The van der Waals surface area contributed by atoms with Crippen molar-refractivity contribution in [1.29, 1.82) is 0 Å². The fourth-order valence-corrected chi connectivity index (χ4v) is 2.93. The third-order valence-electron chi connectivity index (χ3n) is 4.69. The highest BCUT2D eigenvalue weighted by Gasteiger charge is 2.30. The molecule has 0 bridgehead atoms. The molecular weight excluding hydrogens is 480 g/mol. The van der Waals surface area contributed by atoms with Crippen LogP contribution in [0, 0.1) is 11.7 Å². The number of hydrogen-bond donors (Lipinski definition) is 3. The number of aliphatic hydroxyl groups is 1. The molecule has 184 valence electrons. The molecule has 0 aliphatic heterocycles. The van der Waals surface area contributed by atoms with Crippen LogP contribution in [0.5, 0.6) is 5.75 Å². The van der Waals surface area contributed by atoms with Crippen LogP contribution in [0.3, 0.4) is 0 Å². The molecule has 0 heterocycles. The second-order valence-corrected chi connectivity index (χ2v) is 7.72. The normalized spacial score (nSPS) is 13.0. The van der Waals surface area contributed by atoms with Crippen molar-refractivity contribution in [3.05, 3.63) is 77.1 Å². The van der Waals surface area contributed by atoms with E-state index in [-0.39, 0.29) is 30.3 Å². The van der Waals surface area contributed by atoms with Gasteiger partial charge in [0, 0.05) is 19.2 Å². The molecule has 2 amide bonds. The maximum absolute atomic E-state index is 13.4. The van der Waals surface area contributed by atoms with Crippen LogP contribution >= 0.6 is 11.6 Å². The van der Waals surface area contributed by atoms with E-state index < -0.39 is 48.0 Å². The second-order valence-electron chi connectivity index (χ2n) is 7.31. The molecular formula is C23H23ClF4N2O4. The third-order valence-corrected chi connectivity index (χ3v) is 5.00. The number of alkyl halides is 3. The zero-order valence-electron chi connectivity index (χ0n) is 17.9. The van der Waals surface area contributed by atoms with E-state index in [1.54, 1.807) is 0 Å². The van der Waals surface area contributed by atoms with Gasteiger partial charge in [0.2, 0.25) is 5.91 Å². The highest BCUT2D eigenvalue weighted by molar-refractivity contribution is 6.30. The summed E-state index contributed by atoms with van der Waals surface area (Å²) in [7, 11) is 0. The Kier molecular flexibility index (Phi) is 9.88. The van der Waals surface area contributed by atoms with Gasteiger partial charge in [-0.15, -0.1) is 6.58 Å². The van der Waals surface area contributed by atoms with Gasteiger partial charge >= 0.3 is 6.18 Å². The summed E-state index contributed by atoms with van der Waals surface area (Å²) in [5.41, 5.74) is -0.319. The highest BCUT2D eigenvalue weighted by atomic mass is 35.5. The van der Waals surface area contributed by atoms with Crippen molar-refractivity contribution >= 4 is 23.4 Å². The molecule has 0 spiro atoms. The van der Waals surface area contributed by atoms with Crippen LogP contribution in [0.15, 0.2) is 55.1 Å². The van der Waals surface area contributed by atoms with Crippen molar-refractivity contribution in [2.24, 2.45) is 5.92 Å². The predicted molar refractivity (Wildman–Crippen MR) is 118 cm³/mol. The molecule has 2 aromatic rings. The Bertz CT molecular complexity index is 999. The summed E-state index contributed by atoms with van der Waals surface area (Å²) in [6.07, 6.45) is -4.25. The second kappa shape index (κ2) is 12.4. The van der Waals surface area contributed by atoms with Gasteiger partial charge in [-0.05, 0) is 36.2 Å². The van der Waals surface area contributed by atoms with Crippen LogP contribution in [0.2, 0.25) is 5.02 Å². The van der Waals surface area contributed by atoms with Crippen LogP contribution < -0.4 is 15.4 Å². The summed E-state index contributed by atoms with van der Waals surface area (Å²) in [4.78, 5) is 24.2. The van der Waals surface area contributed by atoms with Gasteiger partial charge < -0.3 is 20.5 Å². The minimum Gasteiger partial charge on any atom is -0.484 e. The predicted octanol–water partition coefficient (Wildman–Crippen LogP) is 3.86. The Hall–Kier alpha value is -3.11. The fraction of sp³-hybridized carbons (Fsp3) is 0.304. The molecule has 2 aromatic carbocycles. The van der Waals surface area contributed by atoms with Crippen LogP contribution in [0.1, 0.15) is 17.5 Å². The minimum absolute atomic E-state index is 0.00320. The first-order valence-electron chi connectivity index (χ1n) is 10.1. The van der Waals surface area contributed by atoms with E-state index in [0.717, 1.165) is 18.2 Å². The summed E-state index contributed by atoms with van der Waals surface area (Å²) in [6, 6.07) is 8.08. The summed E-state index contributed by atoms with van der Waals surface area (Å²) < 4.78 is 56.3. The number of ether oxygens (including phenoxy) is 1. The molecule has 0 radical (unpaired) electrons. The van der Waals surface area contributed by atoms with E-state index in [2.05, 4.69) is 17.2 Å². The zero-order chi connectivity index (χ0) is 25.3. The van der Waals surface area contributed by atoms with Crippen molar-refractivity contribution in [3.8, 4) is 5.75 Å². The molecule has 2 atom stereocenters. The molecule has 0 fully saturated rings. The SMILES string of the molecule is C=CC(C[C@@H](O)CNC(=O)COc1ccc(Cl)c(F)c1)C(=O)NCc1ccc(C(F)(F)F)cc1. The third kappa shape index (κ3) is 8.68. The van der Waals surface area contributed by atoms with Crippen LogP contribution in [-0.2, 0) is 22.3 Å². The minimum atomic E-state index is -4.44. The molecule has 1 unspecified atom stereocenters. The number of carbonyl (C=O) groups excluding carboxylic acids is 2. The first kappa shape index (κ1) is 27.1. The van der Waals surface area contributed by atoms with E-state index in [9.17, 15) is 32.3 Å². The number of rotatable bonds is 11. The first-order valence-corrected chi connectivity index (χ1v) is 10.5. The van der Waals surface area contributed by atoms with Gasteiger partial charge in [-0.3, -0.25) is 9.59 Å². The van der Waals surface area contributed by atoms with Gasteiger partial charge in [-0.2, -0.15) is 13.2 Å². The number of hydrogen-bond acceptors (Lipinski definition) is 4. The quantitative estimate of drug-likeness (QED) is 0.322. The van der Waals surface area contributed by atoms with Crippen LogP contribution in [-0.4, -0.2) is 36.2 Å². The Morgan fingerprint density at radius 2 is 1.82 bits per heavy atom. The number of halogens is 5. The zero-order valence-corrected chi connectivity index (χ0v) is 18.6. The number of aliphatic hydroxyl groups excluding tert-OH is 1. The van der Waals surface area contributed by atoms with Crippen molar-refractivity contribution < 1.29 is 37.0 Å². The molecule has 11 heteroatoms. The standard InChI is InChI=1S/C23H23ClF4N2O4/c1-2-15(22(33)30-11-14-3-5-16(6-4-14)23(26,27)28)9-17(31)12-29-21(32)13-34-18-7-8-19(24)20(25)10-18/h2-8,10,15,17,31H,1,9,11-13H2,(H,29,32)(H,30,33)/t15?,17-/m1/s1. The maximum Gasteiger partial charge on any atom is 0.416 e. The van der Waals surface area contributed by atoms with E-state index >= 15 is 0 Å². The van der Waals surface area contributed by atoms with Crippen molar-refractivity contribution in [2.75, 3.05) is 13.2 Å². The maximum atomic E-state index is 13.4. The molecule has 0 saturated carbocycles. The van der Waals surface area contributed by atoms with Crippen LogP contribution in [0.25, 0.3) is 0 Å². The number of benzene rings is 2. The average molecular weight is 503 g/mol. The van der Waals surface area contributed by atoms with E-state index in [0.29, 0.717) is 5.56 Å². The molecule has 0 aromatic heterocycles. The Morgan fingerprint density at radius 1 is 1.15 bits per heavy atom. The topological polar surface area (TPSA) is 87.7 Å². The Morgan fingerprint density at radius 3 is 2.41 bits per heavy atom. The van der Waals surface area contributed by atoms with Gasteiger partial charge in [0.25, 0.3) is 5.91 Å². The van der Waals surface area contributed by atoms with Gasteiger partial charge in [-0.1, -0.05) is 29.8 Å². The van der Waals surface area contributed by atoms with Crippen molar-refractivity contribution in [1.82, 2.24) is 10.6 Å². The summed E-state index contributed by atoms with van der Waals surface area (Å²) >= 11 is 5.56. The summed E-state index contributed by atoms with van der Waals surface area (Å²) in [5, 5.41) is 15.1. The average Bonchev–Trinajstić information content (AvgIpc) is 2.80. The van der Waals surface area contributed by atoms with Crippen LogP contribution in [0.4, 0.5) is 17.6 Å². The largest absolute Gasteiger partial charge is 0.484 e. The monoisotopic (exact) mass is 502 g/mol. The number of carbonyl (C=O) groups is 2. The van der Waals surface area contributed by atoms with E-state index in [4.69, 9.17) is 16.3 Å². The summed E-state index contributed by atoms with van der Waals surface area (Å²) in [6.45, 7) is 2.96. The molecule has 0 aliphatic carbocycles. The molecule has 0 saturated heterocycles. The summed E-state index contributed by atoms with van der Waals surface area (Å²) in [5.74, 6) is -2.43. The first-order chi connectivity index (χ1) is 16.0. The number of amides is 2. The van der Waals surface area contributed by atoms with Gasteiger partial charge in [0.05, 0.1) is 22.6 Å². The van der Waals surface area contributed by atoms with E-state index in [1.807, 2.05) is 0 Å². The van der Waals surface area contributed by atoms with Gasteiger partial charge in [0.1, 0.15) is 11.6 Å². The Labute approximate surface area is 198 Å². The molecule has 3 N–H and O–H groups in total. The molecule has 6 nitrogen and oxygen atoms in total. The molecule has 0 aliphatic rings. The van der Waals surface area contributed by atoms with Gasteiger partial charge in [-0.25, -0.2) is 4.39 Å². The lowest BCUT2D eigenvalue weighted by atomic mass is 10.0. The fourth-order valence-electron chi connectivity index (χ4n) is 2.82. The van der Waals surface area contributed by atoms with Gasteiger partial charge in [0.15, 0.2) is 6.61 Å². The van der Waals surface area contributed by atoms with E-state index in [1.165, 1.54) is 30.3 Å². The molecule has 34 heavy (non-hydrogen) atoms. The lowest BCUT2D eigenvalue weighted by molar-refractivity contribution is -0.137. The van der Waals surface area contributed by atoms with Crippen molar-refractivity contribution in [2.45, 2.75) is 25.2 Å².